The van der Waals surface area contributed by atoms with Gasteiger partial charge < -0.3 is 15.8 Å². The fourth-order valence-electron chi connectivity index (χ4n) is 1.78. The van der Waals surface area contributed by atoms with Crippen LogP contribution in [0.15, 0.2) is 42.5 Å². The van der Waals surface area contributed by atoms with Crippen LogP contribution in [0.4, 0.5) is 14.5 Å². The third kappa shape index (κ3) is 4.26. The van der Waals surface area contributed by atoms with E-state index in [0.29, 0.717) is 17.4 Å². The van der Waals surface area contributed by atoms with Gasteiger partial charge in [-0.05, 0) is 43.3 Å². The van der Waals surface area contributed by atoms with Crippen molar-refractivity contribution in [3.8, 4) is 5.75 Å². The summed E-state index contributed by atoms with van der Waals surface area (Å²) in [5, 5.41) is 2.31. The van der Waals surface area contributed by atoms with Crippen LogP contribution >= 0.6 is 0 Å². The van der Waals surface area contributed by atoms with Gasteiger partial charge in [-0.25, -0.2) is 8.78 Å². The SMILES string of the molecule is C[C@@H](Oc1ccc(C(N)=O)cc1)C(=O)Nc1ccc(F)cc1F. The number of amides is 2. The molecule has 0 bridgehead atoms. The van der Waals surface area contributed by atoms with Gasteiger partial charge in [0.25, 0.3) is 5.91 Å². The molecule has 0 saturated carbocycles. The molecule has 5 nitrogen and oxygen atoms in total. The summed E-state index contributed by atoms with van der Waals surface area (Å²) in [7, 11) is 0. The Kier molecular flexibility index (Phi) is 4.90. The van der Waals surface area contributed by atoms with Gasteiger partial charge in [0.2, 0.25) is 5.91 Å². The van der Waals surface area contributed by atoms with E-state index in [1.807, 2.05) is 0 Å². The molecule has 0 radical (unpaired) electrons. The highest BCUT2D eigenvalue weighted by Gasteiger charge is 2.17. The Morgan fingerprint density at radius 1 is 1.13 bits per heavy atom. The number of benzene rings is 2. The molecule has 0 aliphatic carbocycles. The number of rotatable bonds is 5. The van der Waals surface area contributed by atoms with Crippen LogP contribution in [-0.4, -0.2) is 17.9 Å². The van der Waals surface area contributed by atoms with Crippen LogP contribution in [0.3, 0.4) is 0 Å². The van der Waals surface area contributed by atoms with E-state index in [2.05, 4.69) is 5.32 Å². The van der Waals surface area contributed by atoms with E-state index in [0.717, 1.165) is 12.1 Å². The maximum absolute atomic E-state index is 13.5. The van der Waals surface area contributed by atoms with Crippen molar-refractivity contribution in [3.63, 3.8) is 0 Å². The minimum atomic E-state index is -0.932. The van der Waals surface area contributed by atoms with E-state index in [-0.39, 0.29) is 5.69 Å². The van der Waals surface area contributed by atoms with Crippen molar-refractivity contribution < 1.29 is 23.1 Å². The van der Waals surface area contributed by atoms with Gasteiger partial charge in [-0.3, -0.25) is 9.59 Å². The third-order valence-corrected chi connectivity index (χ3v) is 3.01. The van der Waals surface area contributed by atoms with Crippen LogP contribution in [0.2, 0.25) is 0 Å². The number of ether oxygens (including phenoxy) is 1. The van der Waals surface area contributed by atoms with Crippen molar-refractivity contribution in [2.24, 2.45) is 5.73 Å². The number of anilines is 1. The minimum Gasteiger partial charge on any atom is -0.481 e. The average molecular weight is 320 g/mol. The van der Waals surface area contributed by atoms with Gasteiger partial charge in [0, 0.05) is 11.6 Å². The lowest BCUT2D eigenvalue weighted by molar-refractivity contribution is -0.122. The second kappa shape index (κ2) is 6.87. The van der Waals surface area contributed by atoms with Crippen LogP contribution in [0.5, 0.6) is 5.75 Å². The Bertz CT molecular complexity index is 733. The van der Waals surface area contributed by atoms with Crippen LogP contribution < -0.4 is 15.8 Å². The molecule has 23 heavy (non-hydrogen) atoms. The first-order chi connectivity index (χ1) is 10.9. The zero-order valence-electron chi connectivity index (χ0n) is 12.2. The molecular weight excluding hydrogens is 306 g/mol. The van der Waals surface area contributed by atoms with Crippen LogP contribution in [-0.2, 0) is 4.79 Å². The first kappa shape index (κ1) is 16.4. The Labute approximate surface area is 131 Å². The molecule has 0 aliphatic heterocycles. The summed E-state index contributed by atoms with van der Waals surface area (Å²) >= 11 is 0. The molecular formula is C16H14F2N2O3. The van der Waals surface area contributed by atoms with Gasteiger partial charge in [0.15, 0.2) is 6.10 Å². The fourth-order valence-corrected chi connectivity index (χ4v) is 1.78. The topological polar surface area (TPSA) is 81.4 Å². The summed E-state index contributed by atoms with van der Waals surface area (Å²) in [6, 6.07) is 8.72. The first-order valence-corrected chi connectivity index (χ1v) is 6.69. The predicted octanol–water partition coefficient (Wildman–Crippen LogP) is 2.47. The van der Waals surface area contributed by atoms with Gasteiger partial charge >= 0.3 is 0 Å². The second-order valence-electron chi connectivity index (χ2n) is 4.76. The van der Waals surface area contributed by atoms with E-state index in [1.165, 1.54) is 31.2 Å². The highest BCUT2D eigenvalue weighted by Crippen LogP contribution is 2.17. The monoisotopic (exact) mass is 320 g/mol. The van der Waals surface area contributed by atoms with Crippen molar-refractivity contribution in [2.45, 2.75) is 13.0 Å². The van der Waals surface area contributed by atoms with Crippen molar-refractivity contribution in [1.82, 2.24) is 0 Å². The van der Waals surface area contributed by atoms with E-state index >= 15 is 0 Å². The highest BCUT2D eigenvalue weighted by atomic mass is 19.1. The molecule has 1 atom stereocenters. The number of hydrogen-bond donors (Lipinski definition) is 2. The maximum atomic E-state index is 13.5. The summed E-state index contributed by atoms with van der Waals surface area (Å²) < 4.78 is 31.7. The van der Waals surface area contributed by atoms with Gasteiger partial charge in [0.05, 0.1) is 5.69 Å². The normalized spacial score (nSPS) is 11.6. The summed E-state index contributed by atoms with van der Waals surface area (Å²) in [4.78, 5) is 22.9. The average Bonchev–Trinajstić information content (AvgIpc) is 2.50. The lowest BCUT2D eigenvalue weighted by Gasteiger charge is -2.15. The first-order valence-electron chi connectivity index (χ1n) is 6.69. The molecule has 7 heteroatoms. The molecule has 0 heterocycles. The van der Waals surface area contributed by atoms with Gasteiger partial charge in [-0.1, -0.05) is 0 Å². The summed E-state index contributed by atoms with van der Waals surface area (Å²) in [6.07, 6.45) is -0.932. The standard InChI is InChI=1S/C16H14F2N2O3/c1-9(23-12-5-2-10(3-6-12)15(19)21)16(22)20-14-7-4-11(17)8-13(14)18/h2-9H,1H3,(H2,19,21)(H,20,22)/t9-/m1/s1. The van der Waals surface area contributed by atoms with Crippen molar-refractivity contribution in [3.05, 3.63) is 59.7 Å². The summed E-state index contributed by atoms with van der Waals surface area (Å²) in [6.45, 7) is 1.47. The molecule has 0 aromatic heterocycles. The third-order valence-electron chi connectivity index (χ3n) is 3.01. The lowest BCUT2D eigenvalue weighted by atomic mass is 10.2. The van der Waals surface area contributed by atoms with Gasteiger partial charge in [-0.15, -0.1) is 0 Å². The smallest absolute Gasteiger partial charge is 0.265 e. The zero-order chi connectivity index (χ0) is 17.0. The Morgan fingerprint density at radius 3 is 2.35 bits per heavy atom. The number of halogens is 2. The van der Waals surface area contributed by atoms with Crippen LogP contribution in [0.1, 0.15) is 17.3 Å². The van der Waals surface area contributed by atoms with Gasteiger partial charge in [0.1, 0.15) is 17.4 Å². The van der Waals surface area contributed by atoms with Gasteiger partial charge in [-0.2, -0.15) is 0 Å². The maximum Gasteiger partial charge on any atom is 0.265 e. The summed E-state index contributed by atoms with van der Waals surface area (Å²) in [5.74, 6) is -2.45. The number of carbonyl (C=O) groups is 2. The van der Waals surface area contributed by atoms with Crippen LogP contribution in [0, 0.1) is 11.6 Å². The number of carbonyl (C=O) groups excluding carboxylic acids is 2. The van der Waals surface area contributed by atoms with Crippen LogP contribution in [0.25, 0.3) is 0 Å². The van der Waals surface area contributed by atoms with E-state index in [9.17, 15) is 18.4 Å². The van der Waals surface area contributed by atoms with E-state index < -0.39 is 29.6 Å². The Balaban J connectivity index is 2.00. The molecule has 0 spiro atoms. The van der Waals surface area contributed by atoms with Crippen molar-refractivity contribution in [1.29, 1.82) is 0 Å². The molecule has 3 N–H and O–H groups in total. The molecule has 2 rings (SSSR count). The minimum absolute atomic E-state index is 0.143. The largest absolute Gasteiger partial charge is 0.481 e. The second-order valence-corrected chi connectivity index (χ2v) is 4.76. The number of primary amides is 1. The van der Waals surface area contributed by atoms with E-state index in [1.54, 1.807) is 0 Å². The lowest BCUT2D eigenvalue weighted by Crippen LogP contribution is -2.30. The molecule has 0 saturated heterocycles. The molecule has 2 aromatic rings. The molecule has 0 unspecified atom stereocenters. The van der Waals surface area contributed by atoms with Crippen molar-refractivity contribution in [2.75, 3.05) is 5.32 Å². The van der Waals surface area contributed by atoms with Crippen molar-refractivity contribution >= 4 is 17.5 Å². The molecule has 0 fully saturated rings. The van der Waals surface area contributed by atoms with E-state index in [4.69, 9.17) is 10.5 Å². The Hall–Kier alpha value is -2.96. The fraction of sp³-hybridized carbons (Fsp3) is 0.125. The molecule has 2 aromatic carbocycles. The number of nitrogens with one attached hydrogen (secondary N) is 1. The molecule has 2 amide bonds. The molecule has 120 valence electrons. The zero-order valence-corrected chi connectivity index (χ0v) is 12.2. The number of hydrogen-bond acceptors (Lipinski definition) is 3. The number of nitrogens with two attached hydrogens (primary N) is 1. The highest BCUT2D eigenvalue weighted by molar-refractivity contribution is 5.94. The summed E-state index contributed by atoms with van der Waals surface area (Å²) in [5.41, 5.74) is 5.28. The Morgan fingerprint density at radius 2 is 1.78 bits per heavy atom. The quantitative estimate of drug-likeness (QED) is 0.888. The molecule has 0 aliphatic rings. The predicted molar refractivity (Wildman–Crippen MR) is 80.0 cm³/mol.